The highest BCUT2D eigenvalue weighted by Crippen LogP contribution is 2.24. The zero-order chi connectivity index (χ0) is 10.7. The van der Waals surface area contributed by atoms with Crippen LogP contribution in [0.4, 0.5) is 0 Å². The van der Waals surface area contributed by atoms with Gasteiger partial charge in [-0.3, -0.25) is 15.0 Å². The largest absolute Gasteiger partial charge is 0.277 e. The summed E-state index contributed by atoms with van der Waals surface area (Å²) < 4.78 is 0. The Bertz CT molecular complexity index is 325. The van der Waals surface area contributed by atoms with Crippen molar-refractivity contribution in [1.82, 2.24) is 10.2 Å². The first-order valence-corrected chi connectivity index (χ1v) is 5.34. The van der Waals surface area contributed by atoms with Crippen LogP contribution in [0.3, 0.4) is 0 Å². The quantitative estimate of drug-likeness (QED) is 0.504. The lowest BCUT2D eigenvalue weighted by molar-refractivity contribution is -0.126. The minimum absolute atomic E-state index is 0.0136. The van der Waals surface area contributed by atoms with Crippen molar-refractivity contribution < 1.29 is 4.79 Å². The molecule has 1 heterocycles. The van der Waals surface area contributed by atoms with Crippen molar-refractivity contribution in [2.24, 2.45) is 4.99 Å². The zero-order valence-corrected chi connectivity index (χ0v) is 8.57. The fraction of sp³-hybridized carbons (Fsp3) is 0.700. The number of nitrogens with one attached hydrogen (secondary N) is 1. The molecule has 1 saturated carbocycles. The molecule has 80 valence electrons. The van der Waals surface area contributed by atoms with Gasteiger partial charge in [0, 0.05) is 6.04 Å². The summed E-state index contributed by atoms with van der Waals surface area (Å²) in [6.07, 6.45) is 7.44. The van der Waals surface area contributed by atoms with Crippen LogP contribution in [0.2, 0.25) is 0 Å². The van der Waals surface area contributed by atoms with Crippen LogP contribution >= 0.6 is 0 Å². The summed E-state index contributed by atoms with van der Waals surface area (Å²) in [4.78, 5) is 17.3. The number of carbonyl (C=O) groups is 1. The van der Waals surface area contributed by atoms with E-state index in [1.54, 1.807) is 4.90 Å². The third-order valence-electron chi connectivity index (χ3n) is 2.97. The maximum Gasteiger partial charge on any atom is 0.251 e. The summed E-state index contributed by atoms with van der Waals surface area (Å²) in [5.41, 5.74) is 0. The van der Waals surface area contributed by atoms with Crippen molar-refractivity contribution in [2.45, 2.75) is 38.1 Å². The van der Waals surface area contributed by atoms with E-state index in [9.17, 15) is 4.79 Å². The van der Waals surface area contributed by atoms with Gasteiger partial charge < -0.3 is 0 Å². The molecule has 0 atom stereocenters. The molecule has 0 bridgehead atoms. The average molecular weight is 206 g/mol. The molecule has 1 amide bonds. The number of aliphatic imine (C=N–C) groups is 1. The van der Waals surface area contributed by atoms with E-state index >= 15 is 0 Å². The van der Waals surface area contributed by atoms with Crippen LogP contribution in [-0.2, 0) is 4.79 Å². The Morgan fingerprint density at radius 2 is 2.13 bits per heavy atom. The molecule has 0 aromatic rings. The third kappa shape index (κ3) is 1.94. The second-order valence-electron chi connectivity index (χ2n) is 3.93. The maximum absolute atomic E-state index is 11.6. The molecule has 1 aliphatic heterocycles. The molecule has 0 radical (unpaired) electrons. The lowest BCUT2D eigenvalue weighted by Crippen LogP contribution is -2.46. The maximum atomic E-state index is 11.6. The number of carbonyl (C=O) groups excluding carboxylic acids is 1. The number of guanidine groups is 1. The number of hydrogen-bond acceptors (Lipinski definition) is 4. The van der Waals surface area contributed by atoms with Gasteiger partial charge in [-0.05, 0) is 12.8 Å². The number of nitriles is 1. The summed E-state index contributed by atoms with van der Waals surface area (Å²) in [6.45, 7) is 0.181. The van der Waals surface area contributed by atoms with Crippen molar-refractivity contribution in [3.63, 3.8) is 0 Å². The molecule has 5 nitrogen and oxygen atoms in total. The van der Waals surface area contributed by atoms with Gasteiger partial charge in [-0.15, -0.1) is 0 Å². The summed E-state index contributed by atoms with van der Waals surface area (Å²) in [6, 6.07) is 0.244. The van der Waals surface area contributed by atoms with Gasteiger partial charge in [0.05, 0.1) is 0 Å². The van der Waals surface area contributed by atoms with Crippen molar-refractivity contribution in [3.8, 4) is 6.19 Å². The number of rotatable bonds is 1. The molecule has 0 unspecified atom stereocenters. The van der Waals surface area contributed by atoms with Crippen LogP contribution in [0.15, 0.2) is 4.99 Å². The van der Waals surface area contributed by atoms with E-state index in [1.165, 1.54) is 6.42 Å². The predicted octanol–water partition coefficient (Wildman–Crippen LogP) is 0.588. The van der Waals surface area contributed by atoms with Crippen molar-refractivity contribution in [3.05, 3.63) is 0 Å². The Hall–Kier alpha value is -1.57. The third-order valence-corrected chi connectivity index (χ3v) is 2.97. The van der Waals surface area contributed by atoms with Crippen LogP contribution in [-0.4, -0.2) is 29.4 Å². The van der Waals surface area contributed by atoms with Gasteiger partial charge in [-0.1, -0.05) is 19.3 Å². The average Bonchev–Trinajstić information content (AvgIpc) is 2.62. The summed E-state index contributed by atoms with van der Waals surface area (Å²) in [5.74, 6) is 0.453. The highest BCUT2D eigenvalue weighted by atomic mass is 16.2. The molecular formula is C10H14N4O. The van der Waals surface area contributed by atoms with Crippen LogP contribution < -0.4 is 5.32 Å². The topological polar surface area (TPSA) is 68.5 Å². The number of amides is 1. The minimum Gasteiger partial charge on any atom is -0.277 e. The molecule has 0 spiro atoms. The summed E-state index contributed by atoms with van der Waals surface area (Å²) >= 11 is 0. The first kappa shape index (κ1) is 9.97. The molecule has 1 N–H and O–H groups in total. The van der Waals surface area contributed by atoms with Crippen LogP contribution in [0.25, 0.3) is 0 Å². The van der Waals surface area contributed by atoms with Crippen LogP contribution in [0, 0.1) is 11.5 Å². The molecule has 0 aromatic carbocycles. The zero-order valence-electron chi connectivity index (χ0n) is 8.57. The second-order valence-corrected chi connectivity index (χ2v) is 3.93. The monoisotopic (exact) mass is 206 g/mol. The molecule has 0 saturated heterocycles. The lowest BCUT2D eigenvalue weighted by atomic mass is 9.94. The fourth-order valence-corrected chi connectivity index (χ4v) is 2.28. The van der Waals surface area contributed by atoms with Crippen LogP contribution in [0.1, 0.15) is 32.1 Å². The molecule has 2 rings (SSSR count). The van der Waals surface area contributed by atoms with E-state index in [0.717, 1.165) is 25.7 Å². The molecule has 0 aromatic heterocycles. The SMILES string of the molecule is N#CNC1=NCC(=O)N1C1CCCCC1. The Morgan fingerprint density at radius 1 is 1.40 bits per heavy atom. The molecule has 1 aliphatic carbocycles. The molecular weight excluding hydrogens is 192 g/mol. The minimum atomic E-state index is 0.0136. The van der Waals surface area contributed by atoms with E-state index in [4.69, 9.17) is 5.26 Å². The van der Waals surface area contributed by atoms with E-state index < -0.39 is 0 Å². The molecule has 5 heteroatoms. The summed E-state index contributed by atoms with van der Waals surface area (Å²) in [7, 11) is 0. The van der Waals surface area contributed by atoms with Crippen molar-refractivity contribution >= 4 is 11.9 Å². The highest BCUT2D eigenvalue weighted by Gasteiger charge is 2.32. The molecule has 15 heavy (non-hydrogen) atoms. The fourth-order valence-electron chi connectivity index (χ4n) is 2.28. The molecule has 1 fully saturated rings. The standard InChI is InChI=1S/C10H14N4O/c11-7-13-10-12-6-9(15)14(10)8-4-2-1-3-5-8/h8H,1-6H2,(H,12,13). The normalized spacial score (nSPS) is 22.5. The Kier molecular flexibility index (Phi) is 2.86. The van der Waals surface area contributed by atoms with Gasteiger partial charge in [0.1, 0.15) is 6.54 Å². The first-order chi connectivity index (χ1) is 7.33. The number of hydrogen-bond donors (Lipinski definition) is 1. The smallest absolute Gasteiger partial charge is 0.251 e. The van der Waals surface area contributed by atoms with Gasteiger partial charge in [-0.2, -0.15) is 5.26 Å². The second kappa shape index (κ2) is 4.30. The molecule has 2 aliphatic rings. The van der Waals surface area contributed by atoms with Crippen LogP contribution in [0.5, 0.6) is 0 Å². The van der Waals surface area contributed by atoms with Gasteiger partial charge in [0.2, 0.25) is 5.96 Å². The van der Waals surface area contributed by atoms with Gasteiger partial charge in [-0.25, -0.2) is 4.99 Å². The Balaban J connectivity index is 2.08. The Morgan fingerprint density at radius 3 is 2.80 bits per heavy atom. The highest BCUT2D eigenvalue weighted by molar-refractivity contribution is 6.03. The first-order valence-electron chi connectivity index (χ1n) is 5.34. The van der Waals surface area contributed by atoms with Crippen molar-refractivity contribution in [1.29, 1.82) is 5.26 Å². The van der Waals surface area contributed by atoms with E-state index in [-0.39, 0.29) is 18.5 Å². The van der Waals surface area contributed by atoms with Crippen molar-refractivity contribution in [2.75, 3.05) is 6.54 Å². The lowest BCUT2D eigenvalue weighted by Gasteiger charge is -2.30. The van der Waals surface area contributed by atoms with Gasteiger partial charge in [0.25, 0.3) is 5.91 Å². The van der Waals surface area contributed by atoms with E-state index in [2.05, 4.69) is 10.3 Å². The van der Waals surface area contributed by atoms with Gasteiger partial charge >= 0.3 is 0 Å². The number of nitrogens with zero attached hydrogens (tertiary/aromatic N) is 3. The van der Waals surface area contributed by atoms with E-state index in [0.29, 0.717) is 5.96 Å². The van der Waals surface area contributed by atoms with E-state index in [1.807, 2.05) is 6.19 Å². The predicted molar refractivity (Wildman–Crippen MR) is 54.8 cm³/mol. The summed E-state index contributed by atoms with van der Waals surface area (Å²) in [5, 5.41) is 11.0. The van der Waals surface area contributed by atoms with Gasteiger partial charge in [0.15, 0.2) is 6.19 Å². The Labute approximate surface area is 88.8 Å².